The Balaban J connectivity index is 2.41. The average Bonchev–Trinajstić information content (AvgIpc) is 2.27. The third kappa shape index (κ3) is 3.92. The van der Waals surface area contributed by atoms with Crippen molar-refractivity contribution in [2.75, 3.05) is 25.6 Å². The number of nitriles is 1. The highest BCUT2D eigenvalue weighted by atomic mass is 16.5. The Hall–Kier alpha value is -1.67. The lowest BCUT2D eigenvalue weighted by atomic mass is 10.2. The molecule has 0 fully saturated rings. The fourth-order valence-electron chi connectivity index (χ4n) is 1.10. The maximum Gasteiger partial charge on any atom is 0.158 e. The molecule has 5 heteroatoms. The second-order valence-corrected chi connectivity index (χ2v) is 3.34. The van der Waals surface area contributed by atoms with Crippen LogP contribution in [0.2, 0.25) is 0 Å². The first-order valence-corrected chi connectivity index (χ1v) is 4.71. The minimum Gasteiger partial charge on any atom is -0.384 e. The van der Waals surface area contributed by atoms with Gasteiger partial charge in [-0.25, -0.2) is 9.97 Å². The Morgan fingerprint density at radius 2 is 2.33 bits per heavy atom. The molecule has 5 nitrogen and oxygen atoms in total. The fraction of sp³-hybridized carbons (Fsp3) is 0.500. The molecule has 0 saturated carbocycles. The monoisotopic (exact) mass is 206 g/mol. The van der Waals surface area contributed by atoms with E-state index in [9.17, 15) is 0 Å². The number of nitrogens with zero attached hydrogens (tertiary/aromatic N) is 3. The highest BCUT2D eigenvalue weighted by molar-refractivity contribution is 5.32. The molecule has 0 radical (unpaired) electrons. The number of aromatic nitrogens is 2. The number of methoxy groups -OCH3 is 1. The van der Waals surface area contributed by atoms with Gasteiger partial charge in [0.15, 0.2) is 5.69 Å². The fourth-order valence-corrected chi connectivity index (χ4v) is 1.10. The van der Waals surface area contributed by atoms with Crippen LogP contribution in [0.3, 0.4) is 0 Å². The number of hydrogen-bond acceptors (Lipinski definition) is 5. The predicted molar refractivity (Wildman–Crippen MR) is 56.3 cm³/mol. The summed E-state index contributed by atoms with van der Waals surface area (Å²) in [4.78, 5) is 7.95. The third-order valence-corrected chi connectivity index (χ3v) is 1.85. The summed E-state index contributed by atoms with van der Waals surface area (Å²) in [5.74, 6) is 1.09. The Morgan fingerprint density at radius 1 is 1.53 bits per heavy atom. The van der Waals surface area contributed by atoms with Gasteiger partial charge in [-0.1, -0.05) is 6.92 Å². The van der Waals surface area contributed by atoms with Crippen molar-refractivity contribution >= 4 is 5.82 Å². The first-order valence-electron chi connectivity index (χ1n) is 4.71. The zero-order valence-corrected chi connectivity index (χ0v) is 8.90. The molecule has 0 spiro atoms. The first-order chi connectivity index (χ1) is 7.26. The van der Waals surface area contributed by atoms with E-state index in [2.05, 4.69) is 22.2 Å². The molecule has 1 rings (SSSR count). The molecular formula is C10H14N4O. The van der Waals surface area contributed by atoms with Crippen molar-refractivity contribution in [3.8, 4) is 6.07 Å². The van der Waals surface area contributed by atoms with E-state index in [1.54, 1.807) is 13.3 Å². The standard InChI is InChI=1S/C10H14N4O/c1-8(7-15-2)4-13-10-6-12-9(3-11)5-14-10/h5-6,8H,4,7H2,1-2H3,(H,13,14). The Labute approximate surface area is 89.1 Å². The van der Waals surface area contributed by atoms with E-state index in [0.29, 0.717) is 24.0 Å². The molecule has 1 N–H and O–H groups in total. The average molecular weight is 206 g/mol. The van der Waals surface area contributed by atoms with Crippen molar-refractivity contribution in [1.82, 2.24) is 9.97 Å². The molecule has 0 amide bonds. The summed E-state index contributed by atoms with van der Waals surface area (Å²) in [6, 6.07) is 1.92. The van der Waals surface area contributed by atoms with Gasteiger partial charge in [0.25, 0.3) is 0 Å². The van der Waals surface area contributed by atoms with Gasteiger partial charge in [0.1, 0.15) is 11.9 Å². The number of nitrogens with one attached hydrogen (secondary N) is 1. The molecule has 1 aromatic rings. The quantitative estimate of drug-likeness (QED) is 0.779. The normalized spacial score (nSPS) is 11.8. The van der Waals surface area contributed by atoms with Gasteiger partial charge in [-0.3, -0.25) is 0 Å². The van der Waals surface area contributed by atoms with Crippen LogP contribution in [0, 0.1) is 17.2 Å². The first kappa shape index (κ1) is 11.4. The molecular weight excluding hydrogens is 192 g/mol. The highest BCUT2D eigenvalue weighted by Gasteiger charge is 2.01. The zero-order valence-electron chi connectivity index (χ0n) is 8.90. The minimum absolute atomic E-state index is 0.325. The van der Waals surface area contributed by atoms with Crippen LogP contribution in [0.5, 0.6) is 0 Å². The predicted octanol–water partition coefficient (Wildman–Crippen LogP) is 1.04. The smallest absolute Gasteiger partial charge is 0.158 e. The minimum atomic E-state index is 0.325. The summed E-state index contributed by atoms with van der Waals surface area (Å²) in [7, 11) is 1.68. The van der Waals surface area contributed by atoms with Crippen LogP contribution in [-0.4, -0.2) is 30.2 Å². The van der Waals surface area contributed by atoms with Gasteiger partial charge in [0.2, 0.25) is 0 Å². The van der Waals surface area contributed by atoms with Gasteiger partial charge in [0.05, 0.1) is 19.0 Å². The van der Waals surface area contributed by atoms with Gasteiger partial charge in [-0.2, -0.15) is 5.26 Å². The third-order valence-electron chi connectivity index (χ3n) is 1.85. The molecule has 1 aromatic heterocycles. The maximum atomic E-state index is 8.53. The van der Waals surface area contributed by atoms with Crippen LogP contribution in [-0.2, 0) is 4.74 Å². The lowest BCUT2D eigenvalue weighted by Crippen LogP contribution is -2.16. The van der Waals surface area contributed by atoms with Crippen LogP contribution in [0.1, 0.15) is 12.6 Å². The number of ether oxygens (including phenoxy) is 1. The van der Waals surface area contributed by atoms with Gasteiger partial charge < -0.3 is 10.1 Å². The van der Waals surface area contributed by atoms with Gasteiger partial charge in [-0.15, -0.1) is 0 Å². The van der Waals surface area contributed by atoms with E-state index >= 15 is 0 Å². The second kappa shape index (κ2) is 5.94. The van der Waals surface area contributed by atoms with Crippen LogP contribution in [0.15, 0.2) is 12.4 Å². The largest absolute Gasteiger partial charge is 0.384 e. The Morgan fingerprint density at radius 3 is 2.87 bits per heavy atom. The summed E-state index contributed by atoms with van der Waals surface area (Å²) in [5.41, 5.74) is 0.325. The van der Waals surface area contributed by atoms with Crippen molar-refractivity contribution in [3.63, 3.8) is 0 Å². The van der Waals surface area contributed by atoms with Gasteiger partial charge in [0, 0.05) is 13.7 Å². The van der Waals surface area contributed by atoms with Crippen molar-refractivity contribution in [1.29, 1.82) is 5.26 Å². The van der Waals surface area contributed by atoms with E-state index < -0.39 is 0 Å². The molecule has 0 saturated heterocycles. The molecule has 15 heavy (non-hydrogen) atoms. The molecule has 1 heterocycles. The van der Waals surface area contributed by atoms with E-state index in [-0.39, 0.29) is 0 Å². The summed E-state index contributed by atoms with van der Waals surface area (Å²) < 4.78 is 5.01. The molecule has 0 aromatic carbocycles. The molecule has 0 bridgehead atoms. The van der Waals surface area contributed by atoms with E-state index in [1.807, 2.05) is 6.07 Å². The van der Waals surface area contributed by atoms with E-state index in [0.717, 1.165) is 6.54 Å². The molecule has 0 aliphatic heterocycles. The van der Waals surface area contributed by atoms with Crippen molar-refractivity contribution in [2.45, 2.75) is 6.92 Å². The van der Waals surface area contributed by atoms with Crippen molar-refractivity contribution < 1.29 is 4.74 Å². The Bertz CT molecular complexity index is 330. The maximum absolute atomic E-state index is 8.53. The van der Waals surface area contributed by atoms with Crippen molar-refractivity contribution in [2.24, 2.45) is 5.92 Å². The molecule has 1 unspecified atom stereocenters. The number of anilines is 1. The molecule has 0 aliphatic carbocycles. The van der Waals surface area contributed by atoms with E-state index in [4.69, 9.17) is 10.00 Å². The van der Waals surface area contributed by atoms with Crippen LogP contribution in [0.25, 0.3) is 0 Å². The molecule has 80 valence electrons. The topological polar surface area (TPSA) is 70.8 Å². The van der Waals surface area contributed by atoms with Crippen LogP contribution < -0.4 is 5.32 Å². The van der Waals surface area contributed by atoms with Crippen LogP contribution >= 0.6 is 0 Å². The summed E-state index contributed by atoms with van der Waals surface area (Å²) in [5, 5.41) is 11.6. The van der Waals surface area contributed by atoms with E-state index in [1.165, 1.54) is 6.20 Å². The lowest BCUT2D eigenvalue weighted by Gasteiger charge is -2.11. The highest BCUT2D eigenvalue weighted by Crippen LogP contribution is 2.02. The summed E-state index contributed by atoms with van der Waals surface area (Å²) in [6.07, 6.45) is 3.00. The van der Waals surface area contributed by atoms with Gasteiger partial charge >= 0.3 is 0 Å². The van der Waals surface area contributed by atoms with Crippen LogP contribution in [0.4, 0.5) is 5.82 Å². The number of hydrogen-bond donors (Lipinski definition) is 1. The lowest BCUT2D eigenvalue weighted by molar-refractivity contribution is 0.164. The summed E-state index contributed by atoms with van der Waals surface area (Å²) in [6.45, 7) is 3.55. The molecule has 1 atom stereocenters. The zero-order chi connectivity index (χ0) is 11.1. The SMILES string of the molecule is COCC(C)CNc1cnc(C#N)cn1. The van der Waals surface area contributed by atoms with Crippen molar-refractivity contribution in [3.05, 3.63) is 18.1 Å². The number of rotatable bonds is 5. The summed E-state index contributed by atoms with van der Waals surface area (Å²) >= 11 is 0. The Kier molecular flexibility index (Phi) is 4.51. The molecule has 0 aliphatic rings. The van der Waals surface area contributed by atoms with Gasteiger partial charge in [-0.05, 0) is 5.92 Å². The second-order valence-electron chi connectivity index (χ2n) is 3.34.